The minimum atomic E-state index is 0.649. The Morgan fingerprint density at radius 3 is 3.25 bits per heavy atom. The number of thioether (sulfide) groups is 1. The molecule has 0 aliphatic carbocycles. The summed E-state index contributed by atoms with van der Waals surface area (Å²) in [7, 11) is 0. The van der Waals surface area contributed by atoms with Gasteiger partial charge in [-0.25, -0.2) is 4.98 Å². The summed E-state index contributed by atoms with van der Waals surface area (Å²) >= 11 is 3.78. The van der Waals surface area contributed by atoms with Gasteiger partial charge in [-0.15, -0.1) is 11.3 Å². The topological polar surface area (TPSA) is 37.0 Å². The molecule has 1 saturated heterocycles. The van der Waals surface area contributed by atoms with E-state index in [0.29, 0.717) is 6.04 Å². The van der Waals surface area contributed by atoms with Crippen LogP contribution in [0, 0.1) is 6.92 Å². The van der Waals surface area contributed by atoms with Crippen LogP contribution in [-0.2, 0) is 6.42 Å². The highest BCUT2D eigenvalue weighted by molar-refractivity contribution is 7.99. The first-order valence-corrected chi connectivity index (χ1v) is 7.81. The summed E-state index contributed by atoms with van der Waals surface area (Å²) < 4.78 is 0. The fourth-order valence-electron chi connectivity index (χ4n) is 1.77. The third-order valence-corrected chi connectivity index (χ3v) is 4.57. The van der Waals surface area contributed by atoms with Gasteiger partial charge in [-0.2, -0.15) is 11.8 Å². The predicted octanol–water partition coefficient (Wildman–Crippen LogP) is 1.29. The average molecular weight is 257 g/mol. The number of thiazole rings is 1. The Balaban J connectivity index is 1.57. The minimum absolute atomic E-state index is 0.649. The van der Waals surface area contributed by atoms with Crippen LogP contribution < -0.4 is 10.6 Å². The number of nitrogens with zero attached hydrogens (tertiary/aromatic N) is 1. The zero-order valence-corrected chi connectivity index (χ0v) is 11.3. The van der Waals surface area contributed by atoms with E-state index in [-0.39, 0.29) is 0 Å². The number of hydrogen-bond acceptors (Lipinski definition) is 5. The van der Waals surface area contributed by atoms with Crippen LogP contribution in [0.5, 0.6) is 0 Å². The second-order valence-corrected chi connectivity index (χ2v) is 6.25. The molecule has 0 spiro atoms. The van der Waals surface area contributed by atoms with Crippen molar-refractivity contribution in [3.63, 3.8) is 0 Å². The number of aromatic nitrogens is 1. The number of nitrogens with one attached hydrogen (secondary N) is 2. The zero-order valence-electron chi connectivity index (χ0n) is 9.66. The Kier molecular flexibility index (Phi) is 5.09. The highest BCUT2D eigenvalue weighted by Crippen LogP contribution is 2.08. The first kappa shape index (κ1) is 12.4. The third kappa shape index (κ3) is 4.05. The summed E-state index contributed by atoms with van der Waals surface area (Å²) in [5.41, 5.74) is 1.22. The molecule has 1 aromatic heterocycles. The molecule has 2 heterocycles. The molecule has 1 fully saturated rings. The van der Waals surface area contributed by atoms with Crippen LogP contribution >= 0.6 is 23.1 Å². The molecular weight excluding hydrogens is 238 g/mol. The lowest BCUT2D eigenvalue weighted by Crippen LogP contribution is -2.44. The number of rotatable bonds is 5. The summed E-state index contributed by atoms with van der Waals surface area (Å²) in [5, 5.41) is 10.4. The van der Waals surface area contributed by atoms with Crippen LogP contribution in [0.25, 0.3) is 0 Å². The minimum Gasteiger partial charge on any atom is -0.315 e. The van der Waals surface area contributed by atoms with Crippen molar-refractivity contribution >= 4 is 23.1 Å². The first-order chi connectivity index (χ1) is 7.84. The molecule has 1 atom stereocenters. The standard InChI is InChI=1S/C11H19N3S2/c1-9-14-10(8-16-9)2-3-12-6-11-7-15-5-4-13-11/h8,11-13H,2-7H2,1H3. The van der Waals surface area contributed by atoms with E-state index >= 15 is 0 Å². The Hall–Kier alpha value is -0.100. The van der Waals surface area contributed by atoms with Crippen molar-refractivity contribution in [2.75, 3.05) is 31.1 Å². The van der Waals surface area contributed by atoms with Gasteiger partial charge >= 0.3 is 0 Å². The molecule has 0 radical (unpaired) electrons. The fourth-order valence-corrected chi connectivity index (χ4v) is 3.36. The molecule has 90 valence electrons. The molecule has 0 amide bonds. The molecule has 3 nitrogen and oxygen atoms in total. The highest BCUT2D eigenvalue weighted by Gasteiger charge is 2.11. The molecule has 2 rings (SSSR count). The fraction of sp³-hybridized carbons (Fsp3) is 0.727. The Morgan fingerprint density at radius 1 is 1.62 bits per heavy atom. The lowest BCUT2D eigenvalue weighted by molar-refractivity contribution is 0.515. The second-order valence-electron chi connectivity index (χ2n) is 4.04. The van der Waals surface area contributed by atoms with E-state index in [2.05, 4.69) is 27.9 Å². The summed E-state index contributed by atoms with van der Waals surface area (Å²) in [6.07, 6.45) is 1.05. The lowest BCUT2D eigenvalue weighted by Gasteiger charge is -2.23. The van der Waals surface area contributed by atoms with Crippen LogP contribution in [0.1, 0.15) is 10.7 Å². The van der Waals surface area contributed by atoms with Gasteiger partial charge in [-0.3, -0.25) is 0 Å². The zero-order chi connectivity index (χ0) is 11.2. The van der Waals surface area contributed by atoms with Crippen molar-refractivity contribution in [1.29, 1.82) is 0 Å². The van der Waals surface area contributed by atoms with Crippen molar-refractivity contribution < 1.29 is 0 Å². The van der Waals surface area contributed by atoms with Crippen LogP contribution in [0.15, 0.2) is 5.38 Å². The second kappa shape index (κ2) is 6.59. The van der Waals surface area contributed by atoms with Gasteiger partial charge in [0, 0.05) is 49.0 Å². The maximum absolute atomic E-state index is 4.45. The maximum atomic E-state index is 4.45. The van der Waals surface area contributed by atoms with Gasteiger partial charge in [0.05, 0.1) is 10.7 Å². The van der Waals surface area contributed by atoms with E-state index < -0.39 is 0 Å². The van der Waals surface area contributed by atoms with E-state index in [1.165, 1.54) is 22.2 Å². The summed E-state index contributed by atoms with van der Waals surface area (Å²) in [5.74, 6) is 2.50. The van der Waals surface area contributed by atoms with Gasteiger partial charge in [-0.05, 0) is 6.92 Å². The van der Waals surface area contributed by atoms with E-state index in [0.717, 1.165) is 26.1 Å². The van der Waals surface area contributed by atoms with Crippen molar-refractivity contribution in [3.8, 4) is 0 Å². The maximum Gasteiger partial charge on any atom is 0.0897 e. The van der Waals surface area contributed by atoms with Crippen molar-refractivity contribution in [2.45, 2.75) is 19.4 Å². The largest absolute Gasteiger partial charge is 0.315 e. The SMILES string of the molecule is Cc1nc(CCNCC2CSCCN2)cs1. The van der Waals surface area contributed by atoms with Gasteiger partial charge in [0.2, 0.25) is 0 Å². The molecule has 16 heavy (non-hydrogen) atoms. The predicted molar refractivity (Wildman–Crippen MR) is 72.5 cm³/mol. The van der Waals surface area contributed by atoms with Crippen LogP contribution in [0.2, 0.25) is 0 Å². The van der Waals surface area contributed by atoms with E-state index in [9.17, 15) is 0 Å². The summed E-state index contributed by atoms with van der Waals surface area (Å²) in [6.45, 7) is 5.33. The van der Waals surface area contributed by atoms with E-state index in [1.807, 2.05) is 11.8 Å². The molecule has 1 aliphatic heterocycles. The number of aryl methyl sites for hydroxylation is 1. The lowest BCUT2D eigenvalue weighted by atomic mass is 10.3. The molecule has 0 aromatic carbocycles. The molecule has 2 N–H and O–H groups in total. The van der Waals surface area contributed by atoms with Gasteiger partial charge in [0.15, 0.2) is 0 Å². The molecule has 1 aliphatic rings. The average Bonchev–Trinajstić information content (AvgIpc) is 2.72. The van der Waals surface area contributed by atoms with Crippen LogP contribution in [-0.4, -0.2) is 42.2 Å². The molecule has 0 saturated carbocycles. The van der Waals surface area contributed by atoms with Gasteiger partial charge in [-0.1, -0.05) is 0 Å². The monoisotopic (exact) mass is 257 g/mol. The quantitative estimate of drug-likeness (QED) is 0.780. The highest BCUT2D eigenvalue weighted by atomic mass is 32.2. The van der Waals surface area contributed by atoms with Gasteiger partial charge in [0.1, 0.15) is 0 Å². The molecule has 5 heteroatoms. The molecule has 0 bridgehead atoms. The summed E-state index contributed by atoms with van der Waals surface area (Å²) in [6, 6.07) is 0.649. The molecule has 1 aromatic rings. The van der Waals surface area contributed by atoms with Crippen molar-refractivity contribution in [3.05, 3.63) is 16.1 Å². The van der Waals surface area contributed by atoms with E-state index in [4.69, 9.17) is 0 Å². The first-order valence-electron chi connectivity index (χ1n) is 5.77. The summed E-state index contributed by atoms with van der Waals surface area (Å²) in [4.78, 5) is 4.45. The number of hydrogen-bond donors (Lipinski definition) is 2. The van der Waals surface area contributed by atoms with Crippen LogP contribution in [0.3, 0.4) is 0 Å². The smallest absolute Gasteiger partial charge is 0.0897 e. The Bertz CT molecular complexity index is 308. The Labute approximate surface area is 105 Å². The normalized spacial score (nSPS) is 21.2. The molecular formula is C11H19N3S2. The van der Waals surface area contributed by atoms with E-state index in [1.54, 1.807) is 11.3 Å². The third-order valence-electron chi connectivity index (χ3n) is 2.61. The van der Waals surface area contributed by atoms with Crippen molar-refractivity contribution in [1.82, 2.24) is 15.6 Å². The molecule has 1 unspecified atom stereocenters. The van der Waals surface area contributed by atoms with Gasteiger partial charge < -0.3 is 10.6 Å². The Morgan fingerprint density at radius 2 is 2.56 bits per heavy atom. The van der Waals surface area contributed by atoms with Crippen molar-refractivity contribution in [2.24, 2.45) is 0 Å². The van der Waals surface area contributed by atoms with Crippen LogP contribution in [0.4, 0.5) is 0 Å². The van der Waals surface area contributed by atoms with Gasteiger partial charge in [0.25, 0.3) is 0 Å².